The standard InChI is InChI=1S/C16H14FN5OS/c1-22-15(11-6-8-18-9-7-11)20-21-16(22)24-10-14(23)19-13-4-2-12(17)3-5-13/h2-9H,10H2,1H3,(H,19,23). The first-order valence-electron chi connectivity index (χ1n) is 7.11. The Bertz CT molecular complexity index is 835. The average molecular weight is 343 g/mol. The van der Waals surface area contributed by atoms with Crippen molar-refractivity contribution < 1.29 is 9.18 Å². The lowest BCUT2D eigenvalue weighted by Crippen LogP contribution is -2.14. The van der Waals surface area contributed by atoms with E-state index in [2.05, 4.69) is 20.5 Å². The van der Waals surface area contributed by atoms with Crippen LogP contribution < -0.4 is 5.32 Å². The summed E-state index contributed by atoms with van der Waals surface area (Å²) in [6.07, 6.45) is 3.37. The van der Waals surface area contributed by atoms with E-state index in [9.17, 15) is 9.18 Å². The maximum Gasteiger partial charge on any atom is 0.234 e. The topological polar surface area (TPSA) is 72.7 Å². The maximum absolute atomic E-state index is 12.8. The lowest BCUT2D eigenvalue weighted by Gasteiger charge is -2.05. The lowest BCUT2D eigenvalue weighted by molar-refractivity contribution is -0.113. The number of benzene rings is 1. The van der Waals surface area contributed by atoms with Crippen molar-refractivity contribution in [2.75, 3.05) is 11.1 Å². The number of anilines is 1. The monoisotopic (exact) mass is 343 g/mol. The van der Waals surface area contributed by atoms with E-state index in [0.717, 1.165) is 5.56 Å². The number of carbonyl (C=O) groups excluding carboxylic acids is 1. The summed E-state index contributed by atoms with van der Waals surface area (Å²) in [5, 5.41) is 11.6. The molecule has 0 spiro atoms. The molecule has 0 saturated heterocycles. The van der Waals surface area contributed by atoms with Crippen molar-refractivity contribution in [1.82, 2.24) is 19.7 Å². The van der Waals surface area contributed by atoms with E-state index in [1.807, 2.05) is 23.7 Å². The van der Waals surface area contributed by atoms with E-state index in [0.29, 0.717) is 16.7 Å². The number of amides is 1. The van der Waals surface area contributed by atoms with E-state index in [1.165, 1.54) is 36.0 Å². The second kappa shape index (κ2) is 7.22. The Labute approximate surface area is 142 Å². The Balaban J connectivity index is 1.62. The van der Waals surface area contributed by atoms with Gasteiger partial charge in [0.2, 0.25) is 5.91 Å². The SMILES string of the molecule is Cn1c(SCC(=O)Nc2ccc(F)cc2)nnc1-c1ccncc1. The summed E-state index contributed by atoms with van der Waals surface area (Å²) in [5.41, 5.74) is 1.46. The third-order valence-corrected chi connectivity index (χ3v) is 4.25. The third kappa shape index (κ3) is 3.77. The first kappa shape index (κ1) is 16.1. The van der Waals surface area contributed by atoms with Crippen LogP contribution in [0.25, 0.3) is 11.4 Å². The molecule has 0 aliphatic heterocycles. The van der Waals surface area contributed by atoms with Crippen LogP contribution >= 0.6 is 11.8 Å². The average Bonchev–Trinajstić information content (AvgIpc) is 2.97. The number of nitrogens with zero attached hydrogens (tertiary/aromatic N) is 4. The fourth-order valence-electron chi connectivity index (χ4n) is 2.05. The number of aromatic nitrogens is 4. The van der Waals surface area contributed by atoms with E-state index >= 15 is 0 Å². The van der Waals surface area contributed by atoms with Gasteiger partial charge in [-0.05, 0) is 36.4 Å². The highest BCUT2D eigenvalue weighted by Gasteiger charge is 2.12. The smallest absolute Gasteiger partial charge is 0.234 e. The van der Waals surface area contributed by atoms with Crippen LogP contribution in [-0.4, -0.2) is 31.4 Å². The molecule has 0 fully saturated rings. The zero-order valence-electron chi connectivity index (χ0n) is 12.8. The van der Waals surface area contributed by atoms with Crippen molar-refractivity contribution in [2.24, 2.45) is 7.05 Å². The summed E-state index contributed by atoms with van der Waals surface area (Å²) in [6, 6.07) is 9.32. The van der Waals surface area contributed by atoms with Crippen molar-refractivity contribution in [3.63, 3.8) is 0 Å². The minimum absolute atomic E-state index is 0.180. The van der Waals surface area contributed by atoms with Crippen LogP contribution in [0.2, 0.25) is 0 Å². The minimum Gasteiger partial charge on any atom is -0.325 e. The molecule has 0 atom stereocenters. The lowest BCUT2D eigenvalue weighted by atomic mass is 10.2. The highest BCUT2D eigenvalue weighted by atomic mass is 32.2. The molecule has 3 rings (SSSR count). The molecule has 3 aromatic rings. The Hall–Kier alpha value is -2.74. The highest BCUT2D eigenvalue weighted by Crippen LogP contribution is 2.22. The van der Waals surface area contributed by atoms with Crippen LogP contribution in [0.5, 0.6) is 0 Å². The van der Waals surface area contributed by atoms with Crippen molar-refractivity contribution in [3.05, 3.63) is 54.6 Å². The molecule has 0 aliphatic rings. The van der Waals surface area contributed by atoms with Crippen LogP contribution in [0, 0.1) is 5.82 Å². The number of hydrogen-bond donors (Lipinski definition) is 1. The normalized spacial score (nSPS) is 10.6. The number of thioether (sulfide) groups is 1. The van der Waals surface area contributed by atoms with Crippen LogP contribution in [-0.2, 0) is 11.8 Å². The van der Waals surface area contributed by atoms with Crippen LogP contribution in [0.4, 0.5) is 10.1 Å². The summed E-state index contributed by atoms with van der Waals surface area (Å²) in [6.45, 7) is 0. The summed E-state index contributed by atoms with van der Waals surface area (Å²) >= 11 is 1.28. The zero-order chi connectivity index (χ0) is 16.9. The van der Waals surface area contributed by atoms with Gasteiger partial charge in [0, 0.05) is 30.7 Å². The molecular weight excluding hydrogens is 329 g/mol. The number of nitrogens with one attached hydrogen (secondary N) is 1. The van der Waals surface area contributed by atoms with Gasteiger partial charge in [0.15, 0.2) is 11.0 Å². The quantitative estimate of drug-likeness (QED) is 0.721. The largest absolute Gasteiger partial charge is 0.325 e. The number of pyridine rings is 1. The van der Waals surface area contributed by atoms with Gasteiger partial charge in [-0.25, -0.2) is 4.39 Å². The molecular formula is C16H14FN5OS. The van der Waals surface area contributed by atoms with Gasteiger partial charge in [0.05, 0.1) is 5.75 Å². The molecule has 1 amide bonds. The molecule has 1 aromatic carbocycles. The van der Waals surface area contributed by atoms with E-state index in [-0.39, 0.29) is 17.5 Å². The number of carbonyl (C=O) groups is 1. The molecule has 6 nitrogen and oxygen atoms in total. The summed E-state index contributed by atoms with van der Waals surface area (Å²) in [4.78, 5) is 15.9. The molecule has 2 heterocycles. The first-order chi connectivity index (χ1) is 11.6. The molecule has 8 heteroatoms. The van der Waals surface area contributed by atoms with E-state index in [4.69, 9.17) is 0 Å². The molecule has 0 bridgehead atoms. The second-order valence-corrected chi connectivity index (χ2v) is 5.89. The van der Waals surface area contributed by atoms with Gasteiger partial charge < -0.3 is 9.88 Å². The fraction of sp³-hybridized carbons (Fsp3) is 0.125. The number of halogens is 1. The Kier molecular flexibility index (Phi) is 4.85. The fourth-order valence-corrected chi connectivity index (χ4v) is 2.76. The van der Waals surface area contributed by atoms with Crippen LogP contribution in [0.3, 0.4) is 0 Å². The van der Waals surface area contributed by atoms with Crippen molar-refractivity contribution in [2.45, 2.75) is 5.16 Å². The van der Waals surface area contributed by atoms with Gasteiger partial charge in [0.25, 0.3) is 0 Å². The van der Waals surface area contributed by atoms with Gasteiger partial charge in [-0.2, -0.15) is 0 Å². The molecule has 0 saturated carbocycles. The van der Waals surface area contributed by atoms with E-state index < -0.39 is 0 Å². The van der Waals surface area contributed by atoms with Crippen molar-refractivity contribution in [1.29, 1.82) is 0 Å². The molecule has 0 unspecified atom stereocenters. The Morgan fingerprint density at radius 1 is 1.17 bits per heavy atom. The molecule has 0 radical (unpaired) electrons. The predicted octanol–water partition coefficient (Wildman–Crippen LogP) is 2.75. The van der Waals surface area contributed by atoms with Gasteiger partial charge in [-0.15, -0.1) is 10.2 Å². The van der Waals surface area contributed by atoms with Crippen LogP contribution in [0.15, 0.2) is 53.9 Å². The van der Waals surface area contributed by atoms with Gasteiger partial charge in [0.1, 0.15) is 5.82 Å². The third-order valence-electron chi connectivity index (χ3n) is 3.23. The molecule has 122 valence electrons. The molecule has 0 aliphatic carbocycles. The maximum atomic E-state index is 12.8. The van der Waals surface area contributed by atoms with Crippen molar-refractivity contribution in [3.8, 4) is 11.4 Å². The highest BCUT2D eigenvalue weighted by molar-refractivity contribution is 7.99. The number of hydrogen-bond acceptors (Lipinski definition) is 5. The van der Waals surface area contributed by atoms with E-state index in [1.54, 1.807) is 12.4 Å². The van der Waals surface area contributed by atoms with Crippen molar-refractivity contribution >= 4 is 23.4 Å². The van der Waals surface area contributed by atoms with Gasteiger partial charge in [-0.1, -0.05) is 11.8 Å². The minimum atomic E-state index is -0.342. The molecule has 2 aromatic heterocycles. The van der Waals surface area contributed by atoms with Crippen LogP contribution in [0.1, 0.15) is 0 Å². The Morgan fingerprint density at radius 2 is 1.88 bits per heavy atom. The summed E-state index contributed by atoms with van der Waals surface area (Å²) in [7, 11) is 1.84. The predicted molar refractivity (Wildman–Crippen MR) is 90.0 cm³/mol. The van der Waals surface area contributed by atoms with Gasteiger partial charge >= 0.3 is 0 Å². The second-order valence-electron chi connectivity index (χ2n) is 4.94. The first-order valence-corrected chi connectivity index (χ1v) is 8.10. The molecule has 24 heavy (non-hydrogen) atoms. The number of rotatable bonds is 5. The molecule has 1 N–H and O–H groups in total. The zero-order valence-corrected chi connectivity index (χ0v) is 13.6. The van der Waals surface area contributed by atoms with Gasteiger partial charge in [-0.3, -0.25) is 9.78 Å². The Morgan fingerprint density at radius 3 is 2.58 bits per heavy atom. The summed E-state index contributed by atoms with van der Waals surface area (Å²) in [5.74, 6) is 0.351. The summed E-state index contributed by atoms with van der Waals surface area (Å²) < 4.78 is 14.7.